The summed E-state index contributed by atoms with van der Waals surface area (Å²) in [7, 11) is 1.63. The van der Waals surface area contributed by atoms with Gasteiger partial charge < -0.3 is 18.9 Å². The van der Waals surface area contributed by atoms with Crippen molar-refractivity contribution in [3.63, 3.8) is 0 Å². The summed E-state index contributed by atoms with van der Waals surface area (Å²) in [6.45, 7) is 4.64. The van der Waals surface area contributed by atoms with Crippen LogP contribution in [0.15, 0.2) is 29.6 Å². The zero-order valence-corrected chi connectivity index (χ0v) is 13.7. The number of hydrogen-bond acceptors (Lipinski definition) is 6. The summed E-state index contributed by atoms with van der Waals surface area (Å²) in [6.07, 6.45) is 0. The Labute approximate surface area is 134 Å². The normalized spacial score (nSPS) is 10.6. The van der Waals surface area contributed by atoms with Gasteiger partial charge in [-0.25, -0.2) is 4.98 Å². The summed E-state index contributed by atoms with van der Waals surface area (Å²) < 4.78 is 21.7. The van der Waals surface area contributed by atoms with E-state index in [4.69, 9.17) is 18.9 Å². The molecule has 0 unspecified atom stereocenters. The highest BCUT2D eigenvalue weighted by Gasteiger charge is 1.99. The van der Waals surface area contributed by atoms with Gasteiger partial charge in [0.1, 0.15) is 18.1 Å². The molecule has 22 heavy (non-hydrogen) atoms. The third-order valence-corrected chi connectivity index (χ3v) is 3.65. The second-order valence-corrected chi connectivity index (χ2v) is 5.61. The van der Waals surface area contributed by atoms with E-state index in [1.165, 1.54) is 0 Å². The minimum atomic E-state index is 0.498. The van der Waals surface area contributed by atoms with E-state index in [0.29, 0.717) is 33.0 Å². The Bertz CT molecular complexity index is 559. The number of thiazole rings is 1. The van der Waals surface area contributed by atoms with Crippen molar-refractivity contribution < 1.29 is 18.9 Å². The quantitative estimate of drug-likeness (QED) is 0.629. The highest BCUT2D eigenvalue weighted by molar-refractivity contribution is 7.09. The fourth-order valence-electron chi connectivity index (χ4n) is 1.78. The molecule has 0 saturated heterocycles. The molecule has 0 amide bonds. The zero-order chi connectivity index (χ0) is 15.6. The number of benzene rings is 1. The summed E-state index contributed by atoms with van der Waals surface area (Å²) in [5.41, 5.74) is 0.976. The number of hydrogen-bond donors (Lipinski definition) is 0. The van der Waals surface area contributed by atoms with Gasteiger partial charge in [-0.1, -0.05) is 6.07 Å². The van der Waals surface area contributed by atoms with E-state index in [1.54, 1.807) is 18.4 Å². The van der Waals surface area contributed by atoms with E-state index in [-0.39, 0.29) is 0 Å². The molecule has 2 rings (SSSR count). The summed E-state index contributed by atoms with van der Waals surface area (Å²) >= 11 is 1.63. The van der Waals surface area contributed by atoms with Crippen LogP contribution < -0.4 is 9.47 Å². The molecule has 0 aliphatic rings. The monoisotopic (exact) mass is 323 g/mol. The van der Waals surface area contributed by atoms with Crippen molar-refractivity contribution >= 4 is 11.3 Å². The van der Waals surface area contributed by atoms with Crippen LogP contribution in [0.3, 0.4) is 0 Å². The number of aryl methyl sites for hydroxylation is 1. The number of ether oxygens (including phenoxy) is 4. The van der Waals surface area contributed by atoms with Crippen LogP contribution in [-0.2, 0) is 16.1 Å². The van der Waals surface area contributed by atoms with Crippen molar-refractivity contribution in [1.29, 1.82) is 0 Å². The van der Waals surface area contributed by atoms with E-state index < -0.39 is 0 Å². The second kappa shape index (κ2) is 9.40. The minimum Gasteiger partial charge on any atom is -0.497 e. The van der Waals surface area contributed by atoms with E-state index in [1.807, 2.05) is 36.6 Å². The third-order valence-electron chi connectivity index (χ3n) is 2.83. The first-order valence-electron chi connectivity index (χ1n) is 7.11. The Balaban J connectivity index is 1.49. The van der Waals surface area contributed by atoms with Gasteiger partial charge in [-0.05, 0) is 19.1 Å². The lowest BCUT2D eigenvalue weighted by molar-refractivity contribution is 0.0295. The zero-order valence-electron chi connectivity index (χ0n) is 12.9. The molecule has 120 valence electrons. The van der Waals surface area contributed by atoms with Crippen molar-refractivity contribution in [2.24, 2.45) is 0 Å². The van der Waals surface area contributed by atoms with Crippen molar-refractivity contribution in [2.45, 2.75) is 13.5 Å². The Hall–Kier alpha value is -1.63. The fourth-order valence-corrected chi connectivity index (χ4v) is 2.38. The van der Waals surface area contributed by atoms with Gasteiger partial charge in [-0.3, -0.25) is 0 Å². The number of methoxy groups -OCH3 is 1. The molecule has 0 aliphatic heterocycles. The van der Waals surface area contributed by atoms with Crippen molar-refractivity contribution in [3.05, 3.63) is 40.3 Å². The topological polar surface area (TPSA) is 49.8 Å². The molecule has 0 atom stereocenters. The number of rotatable bonds is 10. The molecule has 0 bridgehead atoms. The smallest absolute Gasteiger partial charge is 0.123 e. The Kier molecular flexibility index (Phi) is 7.15. The van der Waals surface area contributed by atoms with Crippen molar-refractivity contribution in [2.75, 3.05) is 33.5 Å². The Morgan fingerprint density at radius 2 is 1.82 bits per heavy atom. The summed E-state index contributed by atoms with van der Waals surface area (Å²) in [5, 5.41) is 3.07. The van der Waals surface area contributed by atoms with Crippen LogP contribution in [-0.4, -0.2) is 38.5 Å². The van der Waals surface area contributed by atoms with Gasteiger partial charge in [0.05, 0.1) is 44.2 Å². The molecule has 5 nitrogen and oxygen atoms in total. The average Bonchev–Trinajstić information content (AvgIpc) is 2.95. The largest absolute Gasteiger partial charge is 0.497 e. The molecule has 0 N–H and O–H groups in total. The van der Waals surface area contributed by atoms with Gasteiger partial charge in [0.2, 0.25) is 0 Å². The third kappa shape index (κ3) is 6.01. The molecule has 2 aromatic rings. The average molecular weight is 323 g/mol. The summed E-state index contributed by atoms with van der Waals surface area (Å²) in [5.74, 6) is 1.56. The van der Waals surface area contributed by atoms with E-state index >= 15 is 0 Å². The van der Waals surface area contributed by atoms with Gasteiger partial charge in [0.25, 0.3) is 0 Å². The first-order chi connectivity index (χ1) is 10.8. The van der Waals surface area contributed by atoms with E-state index in [2.05, 4.69) is 4.98 Å². The lowest BCUT2D eigenvalue weighted by atomic mass is 10.3. The molecular formula is C16H21NO4S. The molecule has 6 heteroatoms. The molecule has 0 radical (unpaired) electrons. The molecule has 0 spiro atoms. The summed E-state index contributed by atoms with van der Waals surface area (Å²) in [4.78, 5) is 4.33. The van der Waals surface area contributed by atoms with Crippen LogP contribution >= 0.6 is 11.3 Å². The number of aromatic nitrogens is 1. The van der Waals surface area contributed by atoms with Crippen LogP contribution in [0, 0.1) is 6.92 Å². The van der Waals surface area contributed by atoms with Crippen LogP contribution in [0.5, 0.6) is 11.5 Å². The fraction of sp³-hybridized carbons (Fsp3) is 0.438. The highest BCUT2D eigenvalue weighted by Crippen LogP contribution is 2.18. The lowest BCUT2D eigenvalue weighted by Crippen LogP contribution is -2.10. The van der Waals surface area contributed by atoms with Gasteiger partial charge >= 0.3 is 0 Å². The predicted octanol–water partition coefficient (Wildman–Crippen LogP) is 3.07. The second-order valence-electron chi connectivity index (χ2n) is 4.55. The maximum atomic E-state index is 5.57. The van der Waals surface area contributed by atoms with Gasteiger partial charge in [-0.2, -0.15) is 0 Å². The van der Waals surface area contributed by atoms with Crippen LogP contribution in [0.2, 0.25) is 0 Å². The molecule has 0 fully saturated rings. The van der Waals surface area contributed by atoms with Crippen molar-refractivity contribution in [3.8, 4) is 11.5 Å². The van der Waals surface area contributed by atoms with Gasteiger partial charge in [0.15, 0.2) is 0 Å². The maximum Gasteiger partial charge on any atom is 0.123 e. The SMILES string of the molecule is COc1cccc(OCCOCCOCc2csc(C)n2)c1. The van der Waals surface area contributed by atoms with Crippen LogP contribution in [0.1, 0.15) is 10.7 Å². The molecule has 1 aromatic heterocycles. The molecule has 1 aromatic carbocycles. The standard InChI is InChI=1S/C16H21NO4S/c1-13-17-14(12-22-13)11-20-7-6-19-8-9-21-16-5-3-4-15(10-16)18-2/h3-5,10,12H,6-9,11H2,1-2H3. The Morgan fingerprint density at radius 3 is 2.59 bits per heavy atom. The molecule has 0 aliphatic carbocycles. The first-order valence-corrected chi connectivity index (χ1v) is 7.99. The summed E-state index contributed by atoms with van der Waals surface area (Å²) in [6, 6.07) is 7.51. The number of nitrogens with zero attached hydrogens (tertiary/aromatic N) is 1. The van der Waals surface area contributed by atoms with Crippen molar-refractivity contribution in [1.82, 2.24) is 4.98 Å². The van der Waals surface area contributed by atoms with Crippen LogP contribution in [0.25, 0.3) is 0 Å². The first kappa shape index (κ1) is 16.7. The van der Waals surface area contributed by atoms with Crippen LogP contribution in [0.4, 0.5) is 0 Å². The van der Waals surface area contributed by atoms with Gasteiger partial charge in [-0.15, -0.1) is 11.3 Å². The minimum absolute atomic E-state index is 0.498. The highest BCUT2D eigenvalue weighted by atomic mass is 32.1. The molecular weight excluding hydrogens is 302 g/mol. The van der Waals surface area contributed by atoms with E-state index in [9.17, 15) is 0 Å². The van der Waals surface area contributed by atoms with Gasteiger partial charge in [0, 0.05) is 11.4 Å². The predicted molar refractivity (Wildman–Crippen MR) is 85.8 cm³/mol. The molecule has 1 heterocycles. The molecule has 0 saturated carbocycles. The van der Waals surface area contributed by atoms with E-state index in [0.717, 1.165) is 22.2 Å². The lowest BCUT2D eigenvalue weighted by Gasteiger charge is -2.08. The maximum absolute atomic E-state index is 5.57. The Morgan fingerprint density at radius 1 is 1.05 bits per heavy atom.